The molecule has 1 saturated carbocycles. The van der Waals surface area contributed by atoms with Crippen molar-refractivity contribution in [2.45, 2.75) is 174 Å². The maximum absolute atomic E-state index is 12.8. The van der Waals surface area contributed by atoms with Gasteiger partial charge >= 0.3 is 17.9 Å². The lowest BCUT2D eigenvalue weighted by molar-refractivity contribution is -0.157. The monoisotopic (exact) mass is 732 g/mol. The van der Waals surface area contributed by atoms with Gasteiger partial charge in [0.15, 0.2) is 0 Å². The van der Waals surface area contributed by atoms with Crippen LogP contribution in [0.25, 0.3) is 0 Å². The van der Waals surface area contributed by atoms with Gasteiger partial charge in [0.25, 0.3) is 0 Å². The van der Waals surface area contributed by atoms with E-state index in [-0.39, 0.29) is 17.9 Å². The molecule has 0 amide bonds. The first-order chi connectivity index (χ1) is 25.3. The summed E-state index contributed by atoms with van der Waals surface area (Å²) in [6, 6.07) is 15.2. The zero-order valence-electron chi connectivity index (χ0n) is 33.8. The fourth-order valence-electron chi connectivity index (χ4n) is 7.12. The maximum atomic E-state index is 12.8. The zero-order valence-corrected chi connectivity index (χ0v) is 33.8. The molecule has 1 aliphatic carbocycles. The van der Waals surface area contributed by atoms with E-state index in [0.717, 1.165) is 69.5 Å². The molecule has 0 unspecified atom stereocenters. The first-order valence-corrected chi connectivity index (χ1v) is 20.4. The van der Waals surface area contributed by atoms with Crippen molar-refractivity contribution >= 4 is 17.9 Å². The molecule has 0 heterocycles. The first-order valence-electron chi connectivity index (χ1n) is 20.4. The van der Waals surface area contributed by atoms with Crippen LogP contribution in [0.3, 0.4) is 0 Å². The van der Waals surface area contributed by atoms with Crippen molar-refractivity contribution < 1.29 is 33.3 Å². The SMILES string of the molecule is C=C(C)C(=O)OC(C)(C)CCCCCC(=O)OC(C)(C)CCCCCCOc1ccc(C(=O)Oc2ccc(C3CCC(CCCCC)CC3)cc2)cc1. The summed E-state index contributed by atoms with van der Waals surface area (Å²) in [5.74, 6) is 1.91. The standard InChI is InChI=1S/C46H68O7/c1-8-9-13-18-36-20-22-37(23-21-36)38-24-30-41(31-25-38)51-44(49)39-26-28-40(29-27-39)50-34-17-11-10-15-32-45(4,5)52-42(47)19-14-12-16-33-46(6,7)53-43(48)35(2)3/h24-31,36-37H,2,8-23,32-34H2,1,3-7H3. The number of carbonyl (C=O) groups excluding carboxylic acids is 3. The van der Waals surface area contributed by atoms with Gasteiger partial charge in [-0.25, -0.2) is 9.59 Å². The lowest BCUT2D eigenvalue weighted by Gasteiger charge is -2.29. The third-order valence-corrected chi connectivity index (χ3v) is 10.4. The van der Waals surface area contributed by atoms with Crippen molar-refractivity contribution in [3.63, 3.8) is 0 Å². The van der Waals surface area contributed by atoms with Gasteiger partial charge in [0.05, 0.1) is 12.2 Å². The van der Waals surface area contributed by atoms with Crippen LogP contribution >= 0.6 is 0 Å². The van der Waals surface area contributed by atoms with E-state index in [1.165, 1.54) is 56.9 Å². The summed E-state index contributed by atoms with van der Waals surface area (Å²) in [6.07, 6.45) is 18.9. The molecule has 0 spiro atoms. The Morgan fingerprint density at radius 1 is 0.698 bits per heavy atom. The van der Waals surface area contributed by atoms with Gasteiger partial charge in [0.1, 0.15) is 22.7 Å². The summed E-state index contributed by atoms with van der Waals surface area (Å²) < 4.78 is 22.8. The molecule has 1 fully saturated rings. The van der Waals surface area contributed by atoms with Gasteiger partial charge in [-0.05, 0) is 153 Å². The number of unbranched alkanes of at least 4 members (excludes halogenated alkanes) is 7. The van der Waals surface area contributed by atoms with Gasteiger partial charge in [0, 0.05) is 12.0 Å². The van der Waals surface area contributed by atoms with Crippen LogP contribution in [-0.2, 0) is 19.1 Å². The molecule has 0 bridgehead atoms. The molecule has 294 valence electrons. The fourth-order valence-corrected chi connectivity index (χ4v) is 7.12. The predicted octanol–water partition coefficient (Wildman–Crippen LogP) is 12.3. The highest BCUT2D eigenvalue weighted by molar-refractivity contribution is 5.91. The van der Waals surface area contributed by atoms with Crippen LogP contribution in [-0.4, -0.2) is 35.7 Å². The van der Waals surface area contributed by atoms with E-state index in [1.54, 1.807) is 19.1 Å². The summed E-state index contributed by atoms with van der Waals surface area (Å²) in [7, 11) is 0. The summed E-state index contributed by atoms with van der Waals surface area (Å²) >= 11 is 0. The maximum Gasteiger partial charge on any atom is 0.343 e. The molecule has 2 aromatic rings. The summed E-state index contributed by atoms with van der Waals surface area (Å²) in [5.41, 5.74) is 1.20. The largest absolute Gasteiger partial charge is 0.494 e. The predicted molar refractivity (Wildman–Crippen MR) is 214 cm³/mol. The topological polar surface area (TPSA) is 88.1 Å². The second-order valence-electron chi connectivity index (χ2n) is 16.4. The van der Waals surface area contributed by atoms with E-state index in [0.29, 0.717) is 35.8 Å². The molecule has 3 rings (SSSR count). The number of benzene rings is 2. The molecule has 0 N–H and O–H groups in total. The molecule has 7 heteroatoms. The first kappa shape index (κ1) is 43.8. The minimum atomic E-state index is -0.548. The second-order valence-corrected chi connectivity index (χ2v) is 16.4. The summed E-state index contributed by atoms with van der Waals surface area (Å²) in [6.45, 7) is 15.9. The van der Waals surface area contributed by atoms with Gasteiger partial charge in [-0.3, -0.25) is 4.79 Å². The minimum absolute atomic E-state index is 0.162. The highest BCUT2D eigenvalue weighted by atomic mass is 16.6. The number of ether oxygens (including phenoxy) is 4. The van der Waals surface area contributed by atoms with E-state index in [2.05, 4.69) is 25.6 Å². The Labute approximate surface area is 320 Å². The van der Waals surface area contributed by atoms with Gasteiger partial charge in [0.2, 0.25) is 0 Å². The Kier molecular flexibility index (Phi) is 18.6. The van der Waals surface area contributed by atoms with Crippen molar-refractivity contribution in [1.29, 1.82) is 0 Å². The molecule has 7 nitrogen and oxygen atoms in total. The molecular weight excluding hydrogens is 664 g/mol. The van der Waals surface area contributed by atoms with Crippen LogP contribution in [0.15, 0.2) is 60.7 Å². The minimum Gasteiger partial charge on any atom is -0.494 e. The van der Waals surface area contributed by atoms with Crippen LogP contribution in [0, 0.1) is 5.92 Å². The van der Waals surface area contributed by atoms with Crippen LogP contribution in [0.1, 0.15) is 179 Å². The molecule has 2 aromatic carbocycles. The smallest absolute Gasteiger partial charge is 0.343 e. The summed E-state index contributed by atoms with van der Waals surface area (Å²) in [4.78, 5) is 37.0. The zero-order chi connectivity index (χ0) is 38.7. The molecule has 1 aliphatic rings. The van der Waals surface area contributed by atoms with Crippen molar-refractivity contribution in [2.75, 3.05) is 6.61 Å². The number of esters is 3. The molecule has 0 aromatic heterocycles. The van der Waals surface area contributed by atoms with E-state index < -0.39 is 11.2 Å². The van der Waals surface area contributed by atoms with E-state index >= 15 is 0 Å². The Balaban J connectivity index is 1.23. The quantitative estimate of drug-likeness (QED) is 0.0459. The normalized spacial score (nSPS) is 16.1. The van der Waals surface area contributed by atoms with Crippen LogP contribution in [0.2, 0.25) is 0 Å². The Morgan fingerprint density at radius 2 is 1.28 bits per heavy atom. The Hall–Kier alpha value is -3.61. The molecular formula is C46H68O7. The van der Waals surface area contributed by atoms with Crippen LogP contribution in [0.4, 0.5) is 0 Å². The summed E-state index contributed by atoms with van der Waals surface area (Å²) in [5, 5.41) is 0. The van der Waals surface area contributed by atoms with Gasteiger partial charge in [-0.2, -0.15) is 0 Å². The van der Waals surface area contributed by atoms with Crippen molar-refractivity contribution in [1.82, 2.24) is 0 Å². The van der Waals surface area contributed by atoms with Crippen LogP contribution < -0.4 is 9.47 Å². The molecule has 0 saturated heterocycles. The van der Waals surface area contributed by atoms with Gasteiger partial charge in [-0.1, -0.05) is 70.6 Å². The highest BCUT2D eigenvalue weighted by Gasteiger charge is 2.25. The lowest BCUT2D eigenvalue weighted by Crippen LogP contribution is -2.28. The fraction of sp³-hybridized carbons (Fsp3) is 0.630. The molecule has 0 radical (unpaired) electrons. The number of hydrogen-bond donors (Lipinski definition) is 0. The Morgan fingerprint density at radius 3 is 1.91 bits per heavy atom. The van der Waals surface area contributed by atoms with E-state index in [9.17, 15) is 14.4 Å². The van der Waals surface area contributed by atoms with Crippen molar-refractivity contribution in [3.8, 4) is 11.5 Å². The average Bonchev–Trinajstić information content (AvgIpc) is 3.11. The number of carbonyl (C=O) groups is 3. The van der Waals surface area contributed by atoms with Gasteiger partial charge in [-0.15, -0.1) is 0 Å². The second kappa shape index (κ2) is 22.6. The third-order valence-electron chi connectivity index (χ3n) is 10.4. The van der Waals surface area contributed by atoms with E-state index in [4.69, 9.17) is 18.9 Å². The van der Waals surface area contributed by atoms with Crippen molar-refractivity contribution in [3.05, 3.63) is 71.8 Å². The number of rotatable bonds is 24. The van der Waals surface area contributed by atoms with Gasteiger partial charge < -0.3 is 18.9 Å². The molecule has 0 atom stereocenters. The van der Waals surface area contributed by atoms with E-state index in [1.807, 2.05) is 52.0 Å². The average molecular weight is 733 g/mol. The molecule has 0 aliphatic heterocycles. The Bertz CT molecular complexity index is 1400. The van der Waals surface area contributed by atoms with Crippen molar-refractivity contribution in [2.24, 2.45) is 5.92 Å². The lowest BCUT2D eigenvalue weighted by atomic mass is 9.77. The highest BCUT2D eigenvalue weighted by Crippen LogP contribution is 2.38. The van der Waals surface area contributed by atoms with Crippen LogP contribution in [0.5, 0.6) is 11.5 Å². The number of hydrogen-bond acceptors (Lipinski definition) is 7. The molecule has 53 heavy (non-hydrogen) atoms. The third kappa shape index (κ3) is 17.4.